The number of benzene rings is 1. The smallest absolute Gasteiger partial charge is 0.134 e. The van der Waals surface area contributed by atoms with E-state index in [1.54, 1.807) is 6.92 Å². The van der Waals surface area contributed by atoms with Crippen molar-refractivity contribution in [3.05, 3.63) is 29.3 Å². The number of nitrogens with one attached hydrogen (secondary N) is 1. The fraction of sp³-hybridized carbons (Fsp3) is 0.400. The van der Waals surface area contributed by atoms with E-state index in [-0.39, 0.29) is 18.7 Å². The quantitative estimate of drug-likeness (QED) is 0.712. The number of hydrogen-bond acceptors (Lipinski definition) is 3. The number of halogens is 2. The SMILES string of the molecule is CC(NCCO)c1c(O)cc(F)cc1F. The van der Waals surface area contributed by atoms with E-state index in [0.29, 0.717) is 6.07 Å². The zero-order chi connectivity index (χ0) is 11.4. The van der Waals surface area contributed by atoms with Crippen molar-refractivity contribution in [2.45, 2.75) is 13.0 Å². The predicted octanol–water partition coefficient (Wildman–Crippen LogP) is 1.31. The van der Waals surface area contributed by atoms with Crippen molar-refractivity contribution < 1.29 is 19.0 Å². The molecule has 0 saturated carbocycles. The summed E-state index contributed by atoms with van der Waals surface area (Å²) >= 11 is 0. The zero-order valence-corrected chi connectivity index (χ0v) is 8.30. The van der Waals surface area contributed by atoms with E-state index in [0.717, 1.165) is 6.07 Å². The second kappa shape index (κ2) is 5.04. The first-order valence-electron chi connectivity index (χ1n) is 4.58. The molecule has 0 radical (unpaired) electrons. The standard InChI is InChI=1S/C10H13F2NO2/c1-6(13-2-3-14)10-8(12)4-7(11)5-9(10)15/h4-6,13-15H,2-3H2,1H3. The van der Waals surface area contributed by atoms with E-state index in [1.165, 1.54) is 0 Å². The van der Waals surface area contributed by atoms with Gasteiger partial charge in [0.25, 0.3) is 0 Å². The van der Waals surface area contributed by atoms with Crippen LogP contribution in [0.1, 0.15) is 18.5 Å². The molecule has 5 heteroatoms. The van der Waals surface area contributed by atoms with Crippen LogP contribution in [0.5, 0.6) is 5.75 Å². The zero-order valence-electron chi connectivity index (χ0n) is 8.30. The van der Waals surface area contributed by atoms with Gasteiger partial charge in [-0.25, -0.2) is 8.78 Å². The van der Waals surface area contributed by atoms with E-state index in [4.69, 9.17) is 5.11 Å². The highest BCUT2D eigenvalue weighted by molar-refractivity contribution is 5.36. The monoisotopic (exact) mass is 217 g/mol. The van der Waals surface area contributed by atoms with Crippen molar-refractivity contribution in [2.75, 3.05) is 13.2 Å². The molecule has 0 aliphatic carbocycles. The number of phenolic OH excluding ortho intramolecular Hbond substituents is 1. The molecule has 1 rings (SSSR count). The highest BCUT2D eigenvalue weighted by atomic mass is 19.1. The van der Waals surface area contributed by atoms with Gasteiger partial charge in [0.15, 0.2) is 0 Å². The molecule has 0 spiro atoms. The summed E-state index contributed by atoms with van der Waals surface area (Å²) in [5.74, 6) is -2.04. The maximum Gasteiger partial charge on any atom is 0.134 e. The Morgan fingerprint density at radius 1 is 1.40 bits per heavy atom. The molecule has 0 aliphatic heterocycles. The van der Waals surface area contributed by atoms with Crippen molar-refractivity contribution >= 4 is 0 Å². The molecule has 0 amide bonds. The van der Waals surface area contributed by atoms with Gasteiger partial charge in [-0.2, -0.15) is 0 Å². The summed E-state index contributed by atoms with van der Waals surface area (Å²) < 4.78 is 25.9. The van der Waals surface area contributed by atoms with E-state index in [9.17, 15) is 13.9 Å². The van der Waals surface area contributed by atoms with E-state index < -0.39 is 23.4 Å². The molecular weight excluding hydrogens is 204 g/mol. The van der Waals surface area contributed by atoms with Crippen molar-refractivity contribution in [3.8, 4) is 5.75 Å². The highest BCUT2D eigenvalue weighted by Crippen LogP contribution is 2.27. The van der Waals surface area contributed by atoms with Crippen LogP contribution in [0.2, 0.25) is 0 Å². The fourth-order valence-corrected chi connectivity index (χ4v) is 1.38. The molecule has 84 valence electrons. The Kier molecular flexibility index (Phi) is 3.99. The fourth-order valence-electron chi connectivity index (χ4n) is 1.38. The number of phenols is 1. The predicted molar refractivity (Wildman–Crippen MR) is 51.5 cm³/mol. The van der Waals surface area contributed by atoms with Gasteiger partial charge in [-0.1, -0.05) is 0 Å². The van der Waals surface area contributed by atoms with E-state index in [1.807, 2.05) is 0 Å². The average Bonchev–Trinajstić information content (AvgIpc) is 2.12. The molecule has 0 saturated heterocycles. The Bertz CT molecular complexity index is 321. The van der Waals surface area contributed by atoms with Crippen LogP contribution in [-0.2, 0) is 0 Å². The number of hydrogen-bond donors (Lipinski definition) is 3. The molecule has 0 aromatic heterocycles. The molecule has 0 heterocycles. The Balaban J connectivity index is 2.92. The Morgan fingerprint density at radius 2 is 2.07 bits per heavy atom. The van der Waals surface area contributed by atoms with E-state index in [2.05, 4.69) is 5.32 Å². The van der Waals surface area contributed by atoms with Gasteiger partial charge in [0, 0.05) is 30.3 Å². The van der Waals surface area contributed by atoms with Crippen molar-refractivity contribution in [1.82, 2.24) is 5.32 Å². The summed E-state index contributed by atoms with van der Waals surface area (Å²) in [5, 5.41) is 20.7. The average molecular weight is 217 g/mol. The molecule has 0 aliphatic rings. The Labute approximate surface area is 86.4 Å². The van der Waals surface area contributed by atoms with Gasteiger partial charge in [-0.3, -0.25) is 0 Å². The lowest BCUT2D eigenvalue weighted by molar-refractivity contribution is 0.284. The molecule has 1 aromatic carbocycles. The largest absolute Gasteiger partial charge is 0.507 e. The van der Waals surface area contributed by atoms with Crippen LogP contribution in [0.3, 0.4) is 0 Å². The van der Waals surface area contributed by atoms with Crippen molar-refractivity contribution in [2.24, 2.45) is 0 Å². The van der Waals surface area contributed by atoms with Gasteiger partial charge in [0.2, 0.25) is 0 Å². The van der Waals surface area contributed by atoms with Gasteiger partial charge in [0.1, 0.15) is 17.4 Å². The minimum atomic E-state index is -0.817. The number of aromatic hydroxyl groups is 1. The van der Waals surface area contributed by atoms with Crippen LogP contribution in [-0.4, -0.2) is 23.4 Å². The van der Waals surface area contributed by atoms with Gasteiger partial charge in [-0.15, -0.1) is 0 Å². The molecular formula is C10H13F2NO2. The molecule has 0 fully saturated rings. The first kappa shape index (κ1) is 11.9. The Morgan fingerprint density at radius 3 is 2.60 bits per heavy atom. The van der Waals surface area contributed by atoms with Crippen LogP contribution >= 0.6 is 0 Å². The molecule has 1 atom stereocenters. The summed E-state index contributed by atoms with van der Waals surface area (Å²) in [6.45, 7) is 1.80. The van der Waals surface area contributed by atoms with Crippen LogP contribution in [0, 0.1) is 11.6 Å². The molecule has 15 heavy (non-hydrogen) atoms. The highest BCUT2D eigenvalue weighted by Gasteiger charge is 2.16. The maximum absolute atomic E-state index is 13.3. The lowest BCUT2D eigenvalue weighted by atomic mass is 10.1. The lowest BCUT2D eigenvalue weighted by Crippen LogP contribution is -2.23. The van der Waals surface area contributed by atoms with Crippen LogP contribution < -0.4 is 5.32 Å². The van der Waals surface area contributed by atoms with Crippen molar-refractivity contribution in [3.63, 3.8) is 0 Å². The molecule has 1 unspecified atom stereocenters. The summed E-state index contributed by atoms with van der Waals surface area (Å²) in [6.07, 6.45) is 0. The topological polar surface area (TPSA) is 52.5 Å². The lowest BCUT2D eigenvalue weighted by Gasteiger charge is -2.15. The maximum atomic E-state index is 13.3. The van der Waals surface area contributed by atoms with Gasteiger partial charge in [-0.05, 0) is 6.92 Å². The molecule has 3 nitrogen and oxygen atoms in total. The first-order valence-corrected chi connectivity index (χ1v) is 4.58. The Hall–Kier alpha value is -1.20. The van der Waals surface area contributed by atoms with E-state index >= 15 is 0 Å². The minimum absolute atomic E-state index is 0.00449. The van der Waals surface area contributed by atoms with Crippen LogP contribution in [0.25, 0.3) is 0 Å². The minimum Gasteiger partial charge on any atom is -0.507 e. The molecule has 3 N–H and O–H groups in total. The number of aliphatic hydroxyl groups excluding tert-OH is 1. The summed E-state index contributed by atoms with van der Waals surface area (Å²) in [7, 11) is 0. The number of aliphatic hydroxyl groups is 1. The van der Waals surface area contributed by atoms with Gasteiger partial charge in [0.05, 0.1) is 6.61 Å². The first-order chi connectivity index (χ1) is 7.06. The molecule has 0 bridgehead atoms. The number of rotatable bonds is 4. The van der Waals surface area contributed by atoms with Gasteiger partial charge >= 0.3 is 0 Å². The normalized spacial score (nSPS) is 12.8. The summed E-state index contributed by atoms with van der Waals surface area (Å²) in [5.41, 5.74) is 0.00449. The molecule has 1 aromatic rings. The van der Waals surface area contributed by atoms with Crippen LogP contribution in [0.4, 0.5) is 8.78 Å². The second-order valence-electron chi connectivity index (χ2n) is 3.22. The summed E-state index contributed by atoms with van der Waals surface area (Å²) in [6, 6.07) is 1.08. The third-order valence-electron chi connectivity index (χ3n) is 2.07. The summed E-state index contributed by atoms with van der Waals surface area (Å²) in [4.78, 5) is 0. The van der Waals surface area contributed by atoms with Gasteiger partial charge < -0.3 is 15.5 Å². The second-order valence-corrected chi connectivity index (χ2v) is 3.22. The third kappa shape index (κ3) is 2.87. The third-order valence-corrected chi connectivity index (χ3v) is 2.07. The van der Waals surface area contributed by atoms with Crippen molar-refractivity contribution in [1.29, 1.82) is 0 Å². The van der Waals surface area contributed by atoms with Crippen LogP contribution in [0.15, 0.2) is 12.1 Å².